The quantitative estimate of drug-likeness (QED) is 0.667. The van der Waals surface area contributed by atoms with E-state index in [0.717, 1.165) is 36.7 Å². The minimum atomic E-state index is -3.88. The average Bonchev–Trinajstić information content (AvgIpc) is 3.21. The van der Waals surface area contributed by atoms with E-state index in [1.54, 1.807) is 0 Å². The van der Waals surface area contributed by atoms with Crippen molar-refractivity contribution in [3.8, 4) is 11.1 Å². The average molecular weight is 490 g/mol. The highest BCUT2D eigenvalue weighted by Crippen LogP contribution is 2.42. The monoisotopic (exact) mass is 490 g/mol. The second kappa shape index (κ2) is 7.90. The van der Waals surface area contributed by atoms with Gasteiger partial charge in [-0.15, -0.1) is 0 Å². The van der Waals surface area contributed by atoms with Gasteiger partial charge >= 0.3 is 0 Å². The molecule has 4 rings (SSSR count). The van der Waals surface area contributed by atoms with E-state index >= 15 is 0 Å². The summed E-state index contributed by atoms with van der Waals surface area (Å²) in [6.45, 7) is 0.292. The largest absolute Gasteiger partial charge is 0.381 e. The molecule has 0 amide bonds. The van der Waals surface area contributed by atoms with Gasteiger partial charge in [0.15, 0.2) is 5.60 Å². The number of sulfonamides is 1. The van der Waals surface area contributed by atoms with Gasteiger partial charge < -0.3 is 9.74 Å². The van der Waals surface area contributed by atoms with Crippen LogP contribution >= 0.6 is 0 Å². The first-order chi connectivity index (χ1) is 15.3. The van der Waals surface area contributed by atoms with Gasteiger partial charge in [0.2, 0.25) is 10.0 Å². The first-order valence-electron chi connectivity index (χ1n) is 9.75. The number of benzene rings is 1. The molecular weight excluding hydrogens is 471 g/mol. The fourth-order valence-electron chi connectivity index (χ4n) is 3.98. The molecular formula is C20H19F5N4O3S. The molecule has 1 unspecified atom stereocenters. The van der Waals surface area contributed by atoms with E-state index in [1.165, 1.54) is 11.8 Å². The van der Waals surface area contributed by atoms with Crippen molar-refractivity contribution < 1.29 is 35.2 Å². The van der Waals surface area contributed by atoms with E-state index < -0.39 is 57.1 Å². The fourth-order valence-corrected chi connectivity index (χ4v) is 4.75. The van der Waals surface area contributed by atoms with Gasteiger partial charge in [-0.1, -0.05) is 11.2 Å². The number of nitrogens with zero attached hydrogens (tertiary/aromatic N) is 3. The lowest BCUT2D eigenvalue weighted by molar-refractivity contribution is -0.0104. The van der Waals surface area contributed by atoms with Gasteiger partial charge in [-0.25, -0.2) is 35.1 Å². The van der Waals surface area contributed by atoms with E-state index in [0.29, 0.717) is 0 Å². The van der Waals surface area contributed by atoms with E-state index in [2.05, 4.69) is 10.1 Å². The predicted molar refractivity (Wildman–Crippen MR) is 108 cm³/mol. The number of halogens is 5. The molecule has 7 nitrogen and oxygen atoms in total. The molecule has 1 fully saturated rings. The SMILES string of the molecule is CC1(c2ncc(F)cc2-c2c(F)cccc2F)CC(N2C[C@@H](NS(C)(=O)=O)C(F)(F)C2)=NO1. The van der Waals surface area contributed by atoms with Gasteiger partial charge in [0, 0.05) is 12.1 Å². The van der Waals surface area contributed by atoms with Crippen LogP contribution in [0.25, 0.3) is 11.1 Å². The number of aromatic nitrogens is 1. The Labute approximate surface area is 186 Å². The zero-order valence-electron chi connectivity index (χ0n) is 17.4. The first-order valence-corrected chi connectivity index (χ1v) is 11.6. The maximum atomic E-state index is 14.4. The van der Waals surface area contributed by atoms with Gasteiger partial charge in [-0.3, -0.25) is 4.98 Å². The Bertz CT molecular complexity index is 1220. The van der Waals surface area contributed by atoms with Crippen molar-refractivity contribution in [2.75, 3.05) is 19.3 Å². The Morgan fingerprint density at radius 1 is 1.21 bits per heavy atom. The maximum Gasteiger partial charge on any atom is 0.282 e. The third-order valence-electron chi connectivity index (χ3n) is 5.47. The number of hydrogen-bond donors (Lipinski definition) is 1. The zero-order chi connectivity index (χ0) is 24.2. The molecule has 0 saturated carbocycles. The zero-order valence-corrected chi connectivity index (χ0v) is 18.3. The van der Waals surface area contributed by atoms with Gasteiger partial charge in [0.1, 0.15) is 29.3 Å². The normalized spacial score (nSPS) is 24.6. The molecule has 3 heterocycles. The van der Waals surface area contributed by atoms with Gasteiger partial charge in [0.25, 0.3) is 5.92 Å². The molecule has 1 aromatic carbocycles. The molecule has 0 spiro atoms. The van der Waals surface area contributed by atoms with Crippen molar-refractivity contribution in [2.24, 2.45) is 5.16 Å². The molecule has 1 aromatic heterocycles. The third-order valence-corrected chi connectivity index (χ3v) is 6.18. The molecule has 2 aliphatic heterocycles. The van der Waals surface area contributed by atoms with Gasteiger partial charge in [-0.2, -0.15) is 0 Å². The number of hydrogen-bond acceptors (Lipinski definition) is 6. The Morgan fingerprint density at radius 2 is 1.88 bits per heavy atom. The van der Waals surface area contributed by atoms with Crippen LogP contribution in [-0.4, -0.2) is 55.4 Å². The summed E-state index contributed by atoms with van der Waals surface area (Å²) in [4.78, 5) is 10.6. The number of amidine groups is 1. The standard InChI is InChI=1S/C20H19F5N4O3S/c1-19(18-12(6-11(21)8-26-18)17-13(22)4-3-5-14(17)23)7-16(27-32-19)29-9-15(20(24,25)10-29)28-33(2,30)31/h3-6,8,15,28H,7,9-10H2,1-2H3/t15-,19?/m1/s1. The number of pyridine rings is 1. The highest BCUT2D eigenvalue weighted by molar-refractivity contribution is 7.88. The Kier molecular flexibility index (Phi) is 5.60. The van der Waals surface area contributed by atoms with Crippen molar-refractivity contribution in [3.63, 3.8) is 0 Å². The molecule has 1 N–H and O–H groups in total. The van der Waals surface area contributed by atoms with Crippen LogP contribution in [0.4, 0.5) is 22.0 Å². The van der Waals surface area contributed by atoms with E-state index in [1.807, 2.05) is 4.72 Å². The molecule has 178 valence electrons. The van der Waals surface area contributed by atoms with Crippen LogP contribution in [0.2, 0.25) is 0 Å². The van der Waals surface area contributed by atoms with Crippen LogP contribution in [0, 0.1) is 17.5 Å². The molecule has 33 heavy (non-hydrogen) atoms. The summed E-state index contributed by atoms with van der Waals surface area (Å²) < 4.78 is 96.4. The minimum absolute atomic E-state index is 0.0385. The predicted octanol–water partition coefficient (Wildman–Crippen LogP) is 2.98. The highest BCUT2D eigenvalue weighted by atomic mass is 32.2. The molecule has 2 aromatic rings. The number of oxime groups is 1. The topological polar surface area (TPSA) is 83.9 Å². The third kappa shape index (κ3) is 4.51. The fraction of sp³-hybridized carbons (Fsp3) is 0.400. The van der Waals surface area contributed by atoms with E-state index in [4.69, 9.17) is 4.84 Å². The van der Waals surface area contributed by atoms with Crippen LogP contribution in [-0.2, 0) is 20.5 Å². The summed E-state index contributed by atoms with van der Waals surface area (Å²) in [5.41, 5.74) is -2.20. The summed E-state index contributed by atoms with van der Waals surface area (Å²) in [5.74, 6) is -6.03. The smallest absolute Gasteiger partial charge is 0.282 e. The van der Waals surface area contributed by atoms with Crippen LogP contribution in [0.3, 0.4) is 0 Å². The van der Waals surface area contributed by atoms with Crippen LogP contribution < -0.4 is 4.72 Å². The molecule has 1 saturated heterocycles. The van der Waals surface area contributed by atoms with Crippen molar-refractivity contribution in [3.05, 3.63) is 53.6 Å². The highest BCUT2D eigenvalue weighted by Gasteiger charge is 2.52. The number of nitrogens with one attached hydrogen (secondary N) is 1. The lowest BCUT2D eigenvalue weighted by Gasteiger charge is -2.25. The minimum Gasteiger partial charge on any atom is -0.381 e. The molecule has 0 radical (unpaired) electrons. The van der Waals surface area contributed by atoms with E-state index in [-0.39, 0.29) is 30.1 Å². The van der Waals surface area contributed by atoms with Crippen LogP contribution in [0.1, 0.15) is 19.0 Å². The molecule has 2 aliphatic rings. The number of alkyl halides is 2. The second-order valence-corrected chi connectivity index (χ2v) is 10.0. The lowest BCUT2D eigenvalue weighted by atomic mass is 9.90. The summed E-state index contributed by atoms with van der Waals surface area (Å²) >= 11 is 0. The first kappa shape index (κ1) is 23.4. The molecule has 0 aliphatic carbocycles. The van der Waals surface area contributed by atoms with Crippen LogP contribution in [0.5, 0.6) is 0 Å². The maximum absolute atomic E-state index is 14.4. The number of rotatable bonds is 4. The van der Waals surface area contributed by atoms with Crippen molar-refractivity contribution >= 4 is 15.9 Å². The summed E-state index contributed by atoms with van der Waals surface area (Å²) in [6.07, 6.45) is 1.50. The van der Waals surface area contributed by atoms with E-state index in [9.17, 15) is 30.4 Å². The van der Waals surface area contributed by atoms with Crippen molar-refractivity contribution in [1.29, 1.82) is 0 Å². The lowest BCUT2D eigenvalue weighted by Crippen LogP contribution is -2.46. The van der Waals surface area contributed by atoms with Crippen LogP contribution in [0.15, 0.2) is 35.6 Å². The summed E-state index contributed by atoms with van der Waals surface area (Å²) in [7, 11) is -3.88. The molecule has 0 bridgehead atoms. The second-order valence-electron chi connectivity index (χ2n) is 8.24. The molecule has 2 atom stereocenters. The van der Waals surface area contributed by atoms with Gasteiger partial charge in [-0.05, 0) is 25.1 Å². The molecule has 13 heteroatoms. The Morgan fingerprint density at radius 3 is 2.52 bits per heavy atom. The summed E-state index contributed by atoms with van der Waals surface area (Å²) in [5, 5.41) is 3.86. The number of likely N-dealkylation sites (tertiary alicyclic amines) is 1. The Balaban J connectivity index is 1.64. The van der Waals surface area contributed by atoms with Crippen molar-refractivity contribution in [2.45, 2.75) is 30.9 Å². The van der Waals surface area contributed by atoms with Gasteiger partial charge in [0.05, 0.1) is 36.7 Å². The summed E-state index contributed by atoms with van der Waals surface area (Å²) in [6, 6.07) is 2.41. The Hall–Kier alpha value is -2.80. The van der Waals surface area contributed by atoms with Crippen molar-refractivity contribution in [1.82, 2.24) is 14.6 Å².